The van der Waals surface area contributed by atoms with E-state index in [0.717, 1.165) is 0 Å². The van der Waals surface area contributed by atoms with Crippen LogP contribution in [0.5, 0.6) is 11.5 Å². The standard InChI is InChI=1S/C20H17N3O6/c1-12(19(25)23-15-4-2-3-13(7-15)9-21)29-18(24)10-22-20(26)14-5-6-16-17(8-14)28-11-27-16/h2-8,12H,10-11H2,1H3,(H,22,26)(H,23,25)/t12-/m0/s1. The smallest absolute Gasteiger partial charge is 0.326 e. The SMILES string of the molecule is C[C@H](OC(=O)CNC(=O)c1ccc2c(c1)OCO2)C(=O)Nc1cccc(C#N)c1. The zero-order valence-electron chi connectivity index (χ0n) is 15.4. The minimum Gasteiger partial charge on any atom is -0.454 e. The van der Waals surface area contributed by atoms with Crippen LogP contribution in [-0.4, -0.2) is 37.2 Å². The number of anilines is 1. The minimum absolute atomic E-state index is 0.0908. The van der Waals surface area contributed by atoms with Gasteiger partial charge in [0.2, 0.25) is 6.79 Å². The number of hydrogen-bond acceptors (Lipinski definition) is 7. The molecule has 2 amide bonds. The van der Waals surface area contributed by atoms with Crippen LogP contribution in [0.25, 0.3) is 0 Å². The summed E-state index contributed by atoms with van der Waals surface area (Å²) in [5.74, 6) is -0.833. The van der Waals surface area contributed by atoms with E-state index in [9.17, 15) is 14.4 Å². The van der Waals surface area contributed by atoms with Crippen LogP contribution in [0.2, 0.25) is 0 Å². The zero-order chi connectivity index (χ0) is 20.8. The van der Waals surface area contributed by atoms with Gasteiger partial charge in [0.1, 0.15) is 6.54 Å². The highest BCUT2D eigenvalue weighted by molar-refractivity contribution is 5.97. The van der Waals surface area contributed by atoms with E-state index < -0.39 is 30.4 Å². The lowest BCUT2D eigenvalue weighted by molar-refractivity contribution is -0.152. The zero-order valence-corrected chi connectivity index (χ0v) is 15.4. The molecule has 0 spiro atoms. The first-order valence-corrected chi connectivity index (χ1v) is 8.64. The highest BCUT2D eigenvalue weighted by Gasteiger charge is 2.20. The van der Waals surface area contributed by atoms with Gasteiger partial charge >= 0.3 is 5.97 Å². The van der Waals surface area contributed by atoms with Gasteiger partial charge in [-0.2, -0.15) is 5.26 Å². The fraction of sp³-hybridized carbons (Fsp3) is 0.200. The van der Waals surface area contributed by atoms with Crippen molar-refractivity contribution in [2.75, 3.05) is 18.7 Å². The van der Waals surface area contributed by atoms with Gasteiger partial charge < -0.3 is 24.8 Å². The number of amides is 2. The van der Waals surface area contributed by atoms with E-state index in [1.165, 1.54) is 19.1 Å². The van der Waals surface area contributed by atoms with Crippen LogP contribution in [0, 0.1) is 11.3 Å². The Morgan fingerprint density at radius 2 is 1.97 bits per heavy atom. The third-order valence-corrected chi connectivity index (χ3v) is 3.96. The second-order valence-electron chi connectivity index (χ2n) is 6.06. The molecule has 0 saturated carbocycles. The number of nitrogens with zero attached hydrogens (tertiary/aromatic N) is 1. The highest BCUT2D eigenvalue weighted by Crippen LogP contribution is 2.32. The number of nitrogens with one attached hydrogen (secondary N) is 2. The number of hydrogen-bond donors (Lipinski definition) is 2. The molecule has 0 aliphatic carbocycles. The highest BCUT2D eigenvalue weighted by atomic mass is 16.7. The van der Waals surface area contributed by atoms with Crippen molar-refractivity contribution in [3.63, 3.8) is 0 Å². The summed E-state index contributed by atoms with van der Waals surface area (Å²) in [5.41, 5.74) is 1.09. The molecule has 1 aliphatic rings. The first-order chi connectivity index (χ1) is 14.0. The molecular weight excluding hydrogens is 378 g/mol. The van der Waals surface area contributed by atoms with Crippen molar-refractivity contribution in [1.82, 2.24) is 5.32 Å². The number of benzene rings is 2. The Morgan fingerprint density at radius 1 is 1.17 bits per heavy atom. The van der Waals surface area contributed by atoms with Crippen molar-refractivity contribution in [3.05, 3.63) is 53.6 Å². The Morgan fingerprint density at radius 3 is 2.76 bits per heavy atom. The second-order valence-corrected chi connectivity index (χ2v) is 6.06. The molecule has 0 unspecified atom stereocenters. The Labute approximate surface area is 166 Å². The summed E-state index contributed by atoms with van der Waals surface area (Å²) in [4.78, 5) is 36.2. The Kier molecular flexibility index (Phi) is 5.94. The van der Waals surface area contributed by atoms with E-state index in [2.05, 4.69) is 10.6 Å². The fourth-order valence-corrected chi connectivity index (χ4v) is 2.50. The maximum Gasteiger partial charge on any atom is 0.326 e. The molecule has 9 nitrogen and oxygen atoms in total. The van der Waals surface area contributed by atoms with Crippen LogP contribution in [0.15, 0.2) is 42.5 Å². The summed E-state index contributed by atoms with van der Waals surface area (Å²) in [6, 6.07) is 12.9. The molecular formula is C20H17N3O6. The summed E-state index contributed by atoms with van der Waals surface area (Å²) >= 11 is 0. The molecule has 148 valence electrons. The molecule has 9 heteroatoms. The van der Waals surface area contributed by atoms with Gasteiger partial charge in [0.25, 0.3) is 11.8 Å². The van der Waals surface area contributed by atoms with Crippen LogP contribution in [-0.2, 0) is 14.3 Å². The van der Waals surface area contributed by atoms with Crippen molar-refractivity contribution < 1.29 is 28.6 Å². The molecule has 1 atom stereocenters. The quantitative estimate of drug-likeness (QED) is 0.711. The third-order valence-electron chi connectivity index (χ3n) is 3.96. The molecule has 0 radical (unpaired) electrons. The molecule has 2 N–H and O–H groups in total. The maximum absolute atomic E-state index is 12.1. The number of carbonyl (C=O) groups excluding carboxylic acids is 3. The first-order valence-electron chi connectivity index (χ1n) is 8.64. The monoisotopic (exact) mass is 395 g/mol. The molecule has 0 bridgehead atoms. The predicted octanol–water partition coefficient (Wildman–Crippen LogP) is 1.59. The van der Waals surface area contributed by atoms with Gasteiger partial charge in [-0.25, -0.2) is 0 Å². The van der Waals surface area contributed by atoms with Gasteiger partial charge in [-0.05, 0) is 43.3 Å². The van der Waals surface area contributed by atoms with Crippen LogP contribution in [0.1, 0.15) is 22.8 Å². The van der Waals surface area contributed by atoms with Crippen molar-refractivity contribution in [2.24, 2.45) is 0 Å². The Balaban J connectivity index is 1.47. The first kappa shape index (κ1) is 19.7. The van der Waals surface area contributed by atoms with Crippen LogP contribution < -0.4 is 20.1 Å². The van der Waals surface area contributed by atoms with E-state index in [-0.39, 0.29) is 6.79 Å². The molecule has 0 aromatic heterocycles. The summed E-state index contributed by atoms with van der Waals surface area (Å²) in [5, 5.41) is 13.9. The molecule has 1 aliphatic heterocycles. The van der Waals surface area contributed by atoms with Gasteiger partial charge in [-0.3, -0.25) is 14.4 Å². The number of carbonyl (C=O) groups is 3. The summed E-state index contributed by atoms with van der Waals surface area (Å²) in [6.45, 7) is 1.09. The van der Waals surface area contributed by atoms with E-state index in [1.54, 1.807) is 30.3 Å². The van der Waals surface area contributed by atoms with Crippen molar-refractivity contribution >= 4 is 23.5 Å². The van der Waals surface area contributed by atoms with Crippen LogP contribution in [0.4, 0.5) is 5.69 Å². The maximum atomic E-state index is 12.1. The number of rotatable bonds is 6. The second kappa shape index (κ2) is 8.75. The number of fused-ring (bicyclic) bond motifs is 1. The van der Waals surface area contributed by atoms with Crippen LogP contribution in [0.3, 0.4) is 0 Å². The van der Waals surface area contributed by atoms with Gasteiger partial charge in [-0.15, -0.1) is 0 Å². The van der Waals surface area contributed by atoms with E-state index in [0.29, 0.717) is 28.3 Å². The van der Waals surface area contributed by atoms with Gasteiger partial charge in [-0.1, -0.05) is 6.07 Å². The molecule has 3 rings (SSSR count). The summed E-state index contributed by atoms with van der Waals surface area (Å²) in [6.07, 6.45) is -1.09. The summed E-state index contributed by atoms with van der Waals surface area (Å²) in [7, 11) is 0. The van der Waals surface area contributed by atoms with Gasteiger partial charge in [0, 0.05) is 11.3 Å². The average molecular weight is 395 g/mol. The molecule has 0 fully saturated rings. The molecule has 2 aromatic rings. The molecule has 29 heavy (non-hydrogen) atoms. The van der Waals surface area contributed by atoms with Crippen molar-refractivity contribution in [2.45, 2.75) is 13.0 Å². The van der Waals surface area contributed by atoms with Crippen LogP contribution >= 0.6 is 0 Å². The lowest BCUT2D eigenvalue weighted by Gasteiger charge is -2.14. The fourth-order valence-electron chi connectivity index (χ4n) is 2.50. The number of nitriles is 1. The van der Waals surface area contributed by atoms with Gasteiger partial charge in [0.15, 0.2) is 17.6 Å². The largest absolute Gasteiger partial charge is 0.454 e. The Hall–Kier alpha value is -4.06. The Bertz CT molecular complexity index is 998. The normalized spacial score (nSPS) is 12.4. The average Bonchev–Trinajstić information content (AvgIpc) is 3.19. The van der Waals surface area contributed by atoms with Gasteiger partial charge in [0.05, 0.1) is 11.6 Å². The van der Waals surface area contributed by atoms with E-state index >= 15 is 0 Å². The minimum atomic E-state index is -1.09. The van der Waals surface area contributed by atoms with E-state index in [4.69, 9.17) is 19.5 Å². The topological polar surface area (TPSA) is 127 Å². The van der Waals surface area contributed by atoms with Crippen molar-refractivity contribution in [1.29, 1.82) is 5.26 Å². The lowest BCUT2D eigenvalue weighted by Crippen LogP contribution is -2.35. The molecule has 1 heterocycles. The molecule has 0 saturated heterocycles. The summed E-state index contributed by atoms with van der Waals surface area (Å²) < 4.78 is 15.4. The third kappa shape index (κ3) is 5.01. The van der Waals surface area contributed by atoms with E-state index in [1.807, 2.05) is 6.07 Å². The molecule has 2 aromatic carbocycles. The van der Waals surface area contributed by atoms with Crippen molar-refractivity contribution in [3.8, 4) is 17.6 Å². The lowest BCUT2D eigenvalue weighted by atomic mass is 10.2. The predicted molar refractivity (Wildman–Crippen MR) is 100 cm³/mol. The number of esters is 1. The number of ether oxygens (including phenoxy) is 3.